The maximum Gasteiger partial charge on any atom is 0.270 e. The Morgan fingerprint density at radius 3 is 2.45 bits per heavy atom. The van der Waals surface area contributed by atoms with Gasteiger partial charge in [-0.2, -0.15) is 4.31 Å². The van der Waals surface area contributed by atoms with Crippen molar-refractivity contribution >= 4 is 21.4 Å². The molecule has 0 amide bonds. The molecule has 0 heterocycles. The molecule has 0 aliphatic carbocycles. The van der Waals surface area contributed by atoms with Crippen LogP contribution in [0, 0.1) is 10.1 Å². The highest BCUT2D eigenvalue weighted by atomic mass is 32.2. The van der Waals surface area contributed by atoms with E-state index in [-0.39, 0.29) is 16.3 Å². The van der Waals surface area contributed by atoms with Gasteiger partial charge < -0.3 is 10.8 Å². The predicted molar refractivity (Wildman–Crippen MR) is 73.6 cm³/mol. The first-order valence-corrected chi connectivity index (χ1v) is 7.12. The normalized spacial score (nSPS) is 12.7. The van der Waals surface area contributed by atoms with Crippen LogP contribution in [0.5, 0.6) is 0 Å². The molecular formula is C11H17N3O5S. The van der Waals surface area contributed by atoms with Gasteiger partial charge in [-0.1, -0.05) is 0 Å². The standard InChI is InChI=1S/C11H17N3O5S/c1-11(2,7-15)13(3)20(18,19)10-6-8(14(16)17)4-5-9(10)12/h4-6,15H,7,12H2,1-3H3. The molecule has 0 radical (unpaired) electrons. The van der Waals surface area contributed by atoms with Crippen LogP contribution in [0.3, 0.4) is 0 Å². The van der Waals surface area contributed by atoms with Gasteiger partial charge in [-0.25, -0.2) is 8.42 Å². The van der Waals surface area contributed by atoms with E-state index in [0.717, 1.165) is 16.4 Å². The number of nitro groups is 1. The molecule has 20 heavy (non-hydrogen) atoms. The van der Waals surface area contributed by atoms with E-state index < -0.39 is 27.1 Å². The first kappa shape index (κ1) is 16.3. The number of hydrogen-bond donors (Lipinski definition) is 2. The van der Waals surface area contributed by atoms with Crippen molar-refractivity contribution in [1.29, 1.82) is 0 Å². The van der Waals surface area contributed by atoms with Gasteiger partial charge in [0.05, 0.1) is 22.8 Å². The van der Waals surface area contributed by atoms with Crippen molar-refractivity contribution in [2.45, 2.75) is 24.3 Å². The lowest BCUT2D eigenvalue weighted by molar-refractivity contribution is -0.385. The Kier molecular flexibility index (Phi) is 4.37. The number of rotatable bonds is 5. The quantitative estimate of drug-likeness (QED) is 0.465. The van der Waals surface area contributed by atoms with E-state index in [1.54, 1.807) is 0 Å². The summed E-state index contributed by atoms with van der Waals surface area (Å²) >= 11 is 0. The van der Waals surface area contributed by atoms with Crippen molar-refractivity contribution < 1.29 is 18.4 Å². The van der Waals surface area contributed by atoms with Crippen molar-refractivity contribution in [3.63, 3.8) is 0 Å². The van der Waals surface area contributed by atoms with Crippen LogP contribution in [-0.4, -0.2) is 41.9 Å². The van der Waals surface area contributed by atoms with Crippen molar-refractivity contribution in [2.75, 3.05) is 19.4 Å². The minimum Gasteiger partial charge on any atom is -0.398 e. The molecule has 0 unspecified atom stereocenters. The predicted octanol–water partition coefficient (Wildman–Crippen LogP) is 0.568. The zero-order valence-corrected chi connectivity index (χ0v) is 12.2. The van der Waals surface area contributed by atoms with Crippen molar-refractivity contribution in [2.24, 2.45) is 0 Å². The van der Waals surface area contributed by atoms with Crippen LogP contribution in [-0.2, 0) is 10.0 Å². The van der Waals surface area contributed by atoms with E-state index >= 15 is 0 Å². The molecule has 112 valence electrons. The molecule has 9 heteroatoms. The molecule has 8 nitrogen and oxygen atoms in total. The van der Waals surface area contributed by atoms with E-state index in [2.05, 4.69) is 0 Å². The van der Waals surface area contributed by atoms with Gasteiger partial charge >= 0.3 is 0 Å². The summed E-state index contributed by atoms with van der Waals surface area (Å²) in [5.41, 5.74) is 4.09. The van der Waals surface area contributed by atoms with E-state index in [0.29, 0.717) is 0 Å². The van der Waals surface area contributed by atoms with Crippen LogP contribution < -0.4 is 5.73 Å². The summed E-state index contributed by atoms with van der Waals surface area (Å²) < 4.78 is 25.8. The highest BCUT2D eigenvalue weighted by molar-refractivity contribution is 7.89. The number of hydrogen-bond acceptors (Lipinski definition) is 6. The fourth-order valence-corrected chi connectivity index (χ4v) is 3.07. The summed E-state index contributed by atoms with van der Waals surface area (Å²) in [6, 6.07) is 3.21. The number of benzene rings is 1. The summed E-state index contributed by atoms with van der Waals surface area (Å²) in [6.07, 6.45) is 0. The molecule has 0 spiro atoms. The minimum atomic E-state index is -4.05. The number of nitrogen functional groups attached to an aromatic ring is 1. The third-order valence-electron chi connectivity index (χ3n) is 3.09. The third kappa shape index (κ3) is 2.89. The van der Waals surface area contributed by atoms with Crippen molar-refractivity contribution in [3.8, 4) is 0 Å². The lowest BCUT2D eigenvalue weighted by atomic mass is 10.1. The number of sulfonamides is 1. The molecule has 1 aromatic carbocycles. The molecule has 0 atom stereocenters. The Labute approximate surface area is 117 Å². The van der Waals surface area contributed by atoms with Crippen molar-refractivity contribution in [1.82, 2.24) is 4.31 Å². The molecule has 0 fully saturated rings. The molecule has 0 saturated carbocycles. The highest BCUT2D eigenvalue weighted by Crippen LogP contribution is 2.29. The van der Waals surface area contributed by atoms with E-state index in [4.69, 9.17) is 5.73 Å². The lowest BCUT2D eigenvalue weighted by Crippen LogP contribution is -2.47. The summed E-state index contributed by atoms with van der Waals surface area (Å²) in [5, 5.41) is 20.0. The smallest absolute Gasteiger partial charge is 0.270 e. The summed E-state index contributed by atoms with van der Waals surface area (Å²) in [4.78, 5) is 9.68. The molecule has 1 aromatic rings. The van der Waals surface area contributed by atoms with E-state index in [9.17, 15) is 23.6 Å². The number of aliphatic hydroxyl groups excluding tert-OH is 1. The molecule has 1 rings (SSSR count). The number of nitro benzene ring substituents is 1. The topological polar surface area (TPSA) is 127 Å². The summed E-state index contributed by atoms with van der Waals surface area (Å²) in [6.45, 7) is 2.65. The molecular weight excluding hydrogens is 286 g/mol. The zero-order chi connectivity index (χ0) is 15.7. The number of nitrogens with zero attached hydrogens (tertiary/aromatic N) is 2. The molecule has 0 aliphatic heterocycles. The Hall–Kier alpha value is -1.71. The van der Waals surface area contributed by atoms with Gasteiger partial charge in [-0.15, -0.1) is 0 Å². The van der Waals surface area contributed by atoms with Crippen LogP contribution in [0.2, 0.25) is 0 Å². The number of non-ortho nitro benzene ring substituents is 1. The Balaban J connectivity index is 3.43. The monoisotopic (exact) mass is 303 g/mol. The van der Waals surface area contributed by atoms with Gasteiger partial charge in [0.1, 0.15) is 4.90 Å². The van der Waals surface area contributed by atoms with Gasteiger partial charge in [-0.3, -0.25) is 10.1 Å². The maximum atomic E-state index is 12.4. The Morgan fingerprint density at radius 1 is 1.45 bits per heavy atom. The average Bonchev–Trinajstić information content (AvgIpc) is 2.37. The van der Waals surface area contributed by atoms with Gasteiger partial charge in [0.2, 0.25) is 10.0 Å². The Morgan fingerprint density at radius 2 is 2.00 bits per heavy atom. The number of aliphatic hydroxyl groups is 1. The lowest BCUT2D eigenvalue weighted by Gasteiger charge is -2.32. The molecule has 0 saturated heterocycles. The number of likely N-dealkylation sites (N-methyl/N-ethyl adjacent to an activating group) is 1. The molecule has 0 aromatic heterocycles. The van der Waals surface area contributed by atoms with Gasteiger partial charge in [0, 0.05) is 19.2 Å². The second-order valence-corrected chi connectivity index (χ2v) is 6.86. The Bertz CT molecular complexity index is 627. The average molecular weight is 303 g/mol. The van der Waals surface area contributed by atoms with Crippen LogP contribution in [0.25, 0.3) is 0 Å². The molecule has 0 bridgehead atoms. The van der Waals surface area contributed by atoms with Crippen molar-refractivity contribution in [3.05, 3.63) is 28.3 Å². The molecule has 0 aliphatic rings. The minimum absolute atomic E-state index is 0.0869. The van der Waals surface area contributed by atoms with Crippen LogP contribution >= 0.6 is 0 Å². The van der Waals surface area contributed by atoms with Crippen LogP contribution in [0.1, 0.15) is 13.8 Å². The first-order valence-electron chi connectivity index (χ1n) is 5.68. The van der Waals surface area contributed by atoms with Gasteiger partial charge in [0.15, 0.2) is 0 Å². The van der Waals surface area contributed by atoms with Crippen LogP contribution in [0.15, 0.2) is 23.1 Å². The summed E-state index contributed by atoms with van der Waals surface area (Å²) in [5.74, 6) is 0. The van der Waals surface area contributed by atoms with Gasteiger partial charge in [-0.05, 0) is 19.9 Å². The zero-order valence-electron chi connectivity index (χ0n) is 11.4. The number of anilines is 1. The second-order valence-electron chi connectivity index (χ2n) is 4.92. The second kappa shape index (κ2) is 5.35. The van der Waals surface area contributed by atoms with E-state index in [1.165, 1.54) is 27.0 Å². The van der Waals surface area contributed by atoms with Crippen LogP contribution in [0.4, 0.5) is 11.4 Å². The summed E-state index contributed by atoms with van der Waals surface area (Å²) in [7, 11) is -2.77. The SMILES string of the molecule is CN(C(C)(C)CO)S(=O)(=O)c1cc([N+](=O)[O-])ccc1N. The molecule has 3 N–H and O–H groups in total. The van der Waals surface area contributed by atoms with Gasteiger partial charge in [0.25, 0.3) is 5.69 Å². The number of nitrogens with two attached hydrogens (primary N) is 1. The third-order valence-corrected chi connectivity index (χ3v) is 5.21. The fourth-order valence-electron chi connectivity index (χ4n) is 1.43. The highest BCUT2D eigenvalue weighted by Gasteiger charge is 2.35. The van der Waals surface area contributed by atoms with E-state index in [1.807, 2.05) is 0 Å². The largest absolute Gasteiger partial charge is 0.398 e. The fraction of sp³-hybridized carbons (Fsp3) is 0.455. The first-order chi connectivity index (χ1) is 9.04. The maximum absolute atomic E-state index is 12.4.